The second kappa shape index (κ2) is 2.53. The first-order valence-electron chi connectivity index (χ1n) is 3.77. The molecule has 1 aliphatic heterocycles. The first kappa shape index (κ1) is 6.65. The van der Waals surface area contributed by atoms with E-state index in [-0.39, 0.29) is 0 Å². The minimum atomic E-state index is 0.392. The van der Waals surface area contributed by atoms with Crippen molar-refractivity contribution in [2.75, 3.05) is 0 Å². The summed E-state index contributed by atoms with van der Waals surface area (Å²) in [4.78, 5) is 5.21. The maximum atomic E-state index is 5.21. The zero-order chi connectivity index (χ0) is 6.97. The predicted molar refractivity (Wildman–Crippen MR) is 43.2 cm³/mol. The van der Waals surface area contributed by atoms with E-state index in [1.54, 1.807) is 0 Å². The van der Waals surface area contributed by atoms with Crippen LogP contribution < -0.4 is 0 Å². The van der Waals surface area contributed by atoms with Crippen molar-refractivity contribution in [3.8, 4) is 0 Å². The quantitative estimate of drug-likeness (QED) is 0.593. The van der Waals surface area contributed by atoms with Crippen LogP contribution in [0.5, 0.6) is 0 Å². The van der Waals surface area contributed by atoms with Crippen molar-refractivity contribution < 1.29 is 4.84 Å². The molecule has 1 heterocycles. The first-order valence-corrected chi connectivity index (χ1v) is 4.56. The molecule has 2 atom stereocenters. The van der Waals surface area contributed by atoms with Crippen molar-refractivity contribution in [2.24, 2.45) is 11.1 Å². The largest absolute Gasteiger partial charge is 0.391 e. The second-order valence-electron chi connectivity index (χ2n) is 2.95. The van der Waals surface area contributed by atoms with Crippen molar-refractivity contribution in [3.05, 3.63) is 0 Å². The van der Waals surface area contributed by atoms with Gasteiger partial charge in [0, 0.05) is 0 Å². The molecule has 0 aromatic carbocycles. The predicted octanol–water partition coefficient (Wildman–Crippen LogP) is 2.28. The Hall–Kier alpha value is -0.0500. The number of oxime groups is 1. The van der Waals surface area contributed by atoms with E-state index in [1.165, 1.54) is 25.7 Å². The maximum absolute atomic E-state index is 5.21. The summed E-state index contributed by atoms with van der Waals surface area (Å²) in [6.07, 6.45) is 5.45. The van der Waals surface area contributed by atoms with E-state index in [2.05, 4.69) is 21.1 Å². The highest BCUT2D eigenvalue weighted by atomic mass is 79.9. The Morgan fingerprint density at radius 1 is 1.40 bits per heavy atom. The molecular formula is C7H10BrNO. The van der Waals surface area contributed by atoms with Gasteiger partial charge in [-0.05, 0) is 35.2 Å². The molecule has 0 aromatic rings. The van der Waals surface area contributed by atoms with Crippen LogP contribution in [0.25, 0.3) is 0 Å². The first-order chi connectivity index (χ1) is 4.88. The van der Waals surface area contributed by atoms with Gasteiger partial charge in [0.15, 0.2) is 0 Å². The van der Waals surface area contributed by atoms with Crippen molar-refractivity contribution in [3.63, 3.8) is 0 Å². The summed E-state index contributed by atoms with van der Waals surface area (Å²) < 4.78 is 1.03. The van der Waals surface area contributed by atoms with Crippen LogP contribution in [0, 0.1) is 5.92 Å². The average Bonchev–Trinajstić information content (AvgIpc) is 2.34. The molecule has 2 aliphatic rings. The van der Waals surface area contributed by atoms with Gasteiger partial charge < -0.3 is 4.84 Å². The molecule has 2 rings (SSSR count). The highest BCUT2D eigenvalue weighted by Crippen LogP contribution is 2.33. The summed E-state index contributed by atoms with van der Waals surface area (Å²) in [5.74, 6) is 0.578. The van der Waals surface area contributed by atoms with Gasteiger partial charge in [-0.2, -0.15) is 0 Å². The number of rotatable bonds is 0. The zero-order valence-electron chi connectivity index (χ0n) is 5.72. The van der Waals surface area contributed by atoms with E-state index < -0.39 is 0 Å². The molecule has 10 heavy (non-hydrogen) atoms. The number of hydrogen-bond acceptors (Lipinski definition) is 2. The van der Waals surface area contributed by atoms with Gasteiger partial charge in [0.1, 0.15) is 10.7 Å². The van der Waals surface area contributed by atoms with E-state index in [9.17, 15) is 0 Å². The summed E-state index contributed by atoms with van der Waals surface area (Å²) in [6, 6.07) is 0. The molecule has 0 bridgehead atoms. The number of halogens is 1. The summed E-state index contributed by atoms with van der Waals surface area (Å²) in [5.41, 5.74) is 0. The highest BCUT2D eigenvalue weighted by Gasteiger charge is 2.34. The van der Waals surface area contributed by atoms with Gasteiger partial charge in [-0.25, -0.2) is 0 Å². The van der Waals surface area contributed by atoms with Crippen molar-refractivity contribution >= 4 is 20.6 Å². The highest BCUT2D eigenvalue weighted by molar-refractivity contribution is 9.18. The van der Waals surface area contributed by atoms with Gasteiger partial charge in [-0.15, -0.1) is 0 Å². The molecule has 0 unspecified atom stereocenters. The normalized spacial score (nSPS) is 38.3. The van der Waals surface area contributed by atoms with Gasteiger partial charge in [0.2, 0.25) is 0 Å². The average molecular weight is 204 g/mol. The Kier molecular flexibility index (Phi) is 1.68. The standard InChI is InChI=1S/C7H10BrNO/c8-7-5-3-1-2-4-6(5)10-9-7/h5-6H,1-4H2/t5-,6+/m1/s1. The lowest BCUT2D eigenvalue weighted by atomic mass is 9.88. The van der Waals surface area contributed by atoms with Gasteiger partial charge in [-0.1, -0.05) is 11.6 Å². The van der Waals surface area contributed by atoms with Crippen LogP contribution in [0.3, 0.4) is 0 Å². The molecular weight excluding hydrogens is 194 g/mol. The summed E-state index contributed by atoms with van der Waals surface area (Å²) >= 11 is 3.40. The number of nitrogens with zero attached hydrogens (tertiary/aromatic N) is 1. The topological polar surface area (TPSA) is 21.6 Å². The minimum absolute atomic E-state index is 0.392. The lowest BCUT2D eigenvalue weighted by molar-refractivity contribution is 0.0397. The van der Waals surface area contributed by atoms with Crippen LogP contribution in [-0.4, -0.2) is 10.7 Å². The van der Waals surface area contributed by atoms with Crippen LogP contribution in [-0.2, 0) is 4.84 Å². The molecule has 0 radical (unpaired) electrons. The molecule has 0 saturated heterocycles. The third-order valence-corrected chi connectivity index (χ3v) is 3.02. The van der Waals surface area contributed by atoms with Gasteiger partial charge in [0.25, 0.3) is 0 Å². The van der Waals surface area contributed by atoms with Gasteiger partial charge >= 0.3 is 0 Å². The Labute approximate surface area is 68.7 Å². The molecule has 56 valence electrons. The van der Waals surface area contributed by atoms with Crippen molar-refractivity contribution in [2.45, 2.75) is 31.8 Å². The van der Waals surface area contributed by atoms with E-state index in [4.69, 9.17) is 4.84 Å². The SMILES string of the molecule is BrC1=NO[C@H]2CCCC[C@@H]12. The number of fused-ring (bicyclic) bond motifs is 1. The maximum Gasteiger partial charge on any atom is 0.136 e. The fourth-order valence-electron chi connectivity index (χ4n) is 1.68. The molecule has 0 N–H and O–H groups in total. The molecule has 1 aliphatic carbocycles. The fourth-order valence-corrected chi connectivity index (χ4v) is 2.29. The van der Waals surface area contributed by atoms with Gasteiger partial charge in [0.05, 0.1) is 5.92 Å². The van der Waals surface area contributed by atoms with Crippen molar-refractivity contribution in [1.29, 1.82) is 0 Å². The summed E-state index contributed by atoms with van der Waals surface area (Å²) in [7, 11) is 0. The van der Waals surface area contributed by atoms with Gasteiger partial charge in [-0.3, -0.25) is 0 Å². The Morgan fingerprint density at radius 2 is 2.20 bits per heavy atom. The Balaban J connectivity index is 2.08. The smallest absolute Gasteiger partial charge is 0.136 e. The third kappa shape index (κ3) is 0.965. The molecule has 0 aromatic heterocycles. The zero-order valence-corrected chi connectivity index (χ0v) is 7.30. The van der Waals surface area contributed by atoms with Crippen LogP contribution in [0.1, 0.15) is 25.7 Å². The Morgan fingerprint density at radius 3 is 3.00 bits per heavy atom. The molecule has 1 fully saturated rings. The van der Waals surface area contributed by atoms with Crippen molar-refractivity contribution in [1.82, 2.24) is 0 Å². The van der Waals surface area contributed by atoms with Crippen LogP contribution in [0.2, 0.25) is 0 Å². The van der Waals surface area contributed by atoms with E-state index in [0.717, 1.165) is 4.62 Å². The molecule has 0 amide bonds. The van der Waals surface area contributed by atoms with E-state index in [0.29, 0.717) is 12.0 Å². The van der Waals surface area contributed by atoms with Crippen LogP contribution in [0.15, 0.2) is 5.16 Å². The lowest BCUT2D eigenvalue weighted by Gasteiger charge is -2.21. The van der Waals surface area contributed by atoms with Crippen LogP contribution in [0.4, 0.5) is 0 Å². The van der Waals surface area contributed by atoms with E-state index >= 15 is 0 Å². The molecule has 2 nitrogen and oxygen atoms in total. The summed E-state index contributed by atoms with van der Waals surface area (Å²) in [5, 5.41) is 3.91. The lowest BCUT2D eigenvalue weighted by Crippen LogP contribution is -2.24. The van der Waals surface area contributed by atoms with E-state index in [1.807, 2.05) is 0 Å². The molecule has 0 spiro atoms. The molecule has 1 saturated carbocycles. The second-order valence-corrected chi connectivity index (χ2v) is 3.76. The fraction of sp³-hybridized carbons (Fsp3) is 0.857. The third-order valence-electron chi connectivity index (χ3n) is 2.28. The Bertz CT molecular complexity index is 169. The summed E-state index contributed by atoms with van der Waals surface area (Å²) in [6.45, 7) is 0. The monoisotopic (exact) mass is 203 g/mol. The minimum Gasteiger partial charge on any atom is -0.391 e. The number of hydrogen-bond donors (Lipinski definition) is 0. The molecule has 3 heteroatoms. The van der Waals surface area contributed by atoms with Crippen LogP contribution >= 0.6 is 15.9 Å².